The Bertz CT molecular complexity index is 845. The first-order valence-electron chi connectivity index (χ1n) is 6.78. The molecule has 0 N–H and O–H groups in total. The highest BCUT2D eigenvalue weighted by molar-refractivity contribution is 8.00. The fraction of sp³-hybridized carbons (Fsp3) is 0.188. The zero-order valence-corrected chi connectivity index (χ0v) is 13.9. The van der Waals surface area contributed by atoms with Crippen LogP contribution in [-0.2, 0) is 10.0 Å². The first kappa shape index (κ1) is 15.1. The number of fused-ring (bicyclic) bond motifs is 1. The summed E-state index contributed by atoms with van der Waals surface area (Å²) in [6, 6.07) is 13.0. The Hall–Kier alpha value is -1.79. The smallest absolute Gasteiger partial charge is 0.268 e. The van der Waals surface area contributed by atoms with Crippen molar-refractivity contribution in [2.45, 2.75) is 23.6 Å². The maximum atomic E-state index is 12.7. The lowest BCUT2D eigenvalue weighted by Gasteiger charge is -2.14. The number of amides is 1. The van der Waals surface area contributed by atoms with Crippen LogP contribution in [0.1, 0.15) is 21.5 Å². The lowest BCUT2D eigenvalue weighted by atomic mass is 10.1. The van der Waals surface area contributed by atoms with Gasteiger partial charge in [0.15, 0.2) is 0 Å². The van der Waals surface area contributed by atoms with E-state index in [1.807, 2.05) is 30.3 Å². The molecule has 0 saturated heterocycles. The molecule has 114 valence electrons. The van der Waals surface area contributed by atoms with E-state index in [0.717, 1.165) is 9.20 Å². The van der Waals surface area contributed by atoms with Crippen molar-refractivity contribution in [3.8, 4) is 0 Å². The zero-order chi connectivity index (χ0) is 15.9. The van der Waals surface area contributed by atoms with Gasteiger partial charge in [-0.25, -0.2) is 12.7 Å². The number of thioether (sulfide) groups is 1. The Labute approximate surface area is 134 Å². The van der Waals surface area contributed by atoms with E-state index < -0.39 is 15.9 Å². The van der Waals surface area contributed by atoms with E-state index in [-0.39, 0.29) is 10.8 Å². The molecule has 3 rings (SSSR count). The van der Waals surface area contributed by atoms with E-state index in [1.54, 1.807) is 26.0 Å². The maximum absolute atomic E-state index is 12.7. The van der Waals surface area contributed by atoms with Gasteiger partial charge in [-0.2, -0.15) is 0 Å². The van der Waals surface area contributed by atoms with E-state index in [0.29, 0.717) is 16.7 Å². The van der Waals surface area contributed by atoms with Crippen LogP contribution in [0.4, 0.5) is 0 Å². The molecule has 0 aromatic heterocycles. The van der Waals surface area contributed by atoms with Gasteiger partial charge in [0.05, 0.1) is 11.4 Å². The molecule has 1 heterocycles. The number of benzene rings is 2. The zero-order valence-electron chi connectivity index (χ0n) is 12.2. The van der Waals surface area contributed by atoms with Gasteiger partial charge in [0.25, 0.3) is 15.9 Å². The van der Waals surface area contributed by atoms with Crippen LogP contribution in [0, 0.1) is 13.8 Å². The fourth-order valence-electron chi connectivity index (χ4n) is 2.51. The van der Waals surface area contributed by atoms with Gasteiger partial charge in [0.2, 0.25) is 0 Å². The number of rotatable bonds is 3. The van der Waals surface area contributed by atoms with Gasteiger partial charge in [0, 0.05) is 4.90 Å². The highest BCUT2D eigenvalue weighted by atomic mass is 32.2. The first-order valence-corrected chi connectivity index (χ1v) is 9.20. The Morgan fingerprint density at radius 2 is 1.64 bits per heavy atom. The van der Waals surface area contributed by atoms with Gasteiger partial charge in [0.1, 0.15) is 4.90 Å². The van der Waals surface area contributed by atoms with Crippen LogP contribution in [0.25, 0.3) is 0 Å². The van der Waals surface area contributed by atoms with Crippen LogP contribution in [0.5, 0.6) is 0 Å². The van der Waals surface area contributed by atoms with Crippen LogP contribution in [0.3, 0.4) is 0 Å². The second-order valence-corrected chi connectivity index (χ2v) is 7.97. The van der Waals surface area contributed by atoms with Crippen molar-refractivity contribution in [1.29, 1.82) is 0 Å². The number of aryl methyl sites for hydroxylation is 2. The van der Waals surface area contributed by atoms with Gasteiger partial charge in [-0.1, -0.05) is 30.3 Å². The third kappa shape index (κ3) is 2.32. The molecule has 0 aliphatic carbocycles. The van der Waals surface area contributed by atoms with E-state index in [4.69, 9.17) is 0 Å². The molecule has 6 heteroatoms. The van der Waals surface area contributed by atoms with Crippen molar-refractivity contribution < 1.29 is 13.2 Å². The van der Waals surface area contributed by atoms with Crippen molar-refractivity contribution >= 4 is 27.7 Å². The highest BCUT2D eigenvalue weighted by Crippen LogP contribution is 2.36. The Kier molecular flexibility index (Phi) is 3.74. The van der Waals surface area contributed by atoms with Gasteiger partial charge in [-0.3, -0.25) is 4.79 Å². The van der Waals surface area contributed by atoms with Gasteiger partial charge in [-0.05, 0) is 37.1 Å². The molecule has 2 aromatic rings. The molecule has 0 atom stereocenters. The number of hydrogen-bond acceptors (Lipinski definition) is 4. The lowest BCUT2D eigenvalue weighted by molar-refractivity contribution is 0.0886. The molecule has 2 aromatic carbocycles. The summed E-state index contributed by atoms with van der Waals surface area (Å²) in [5.41, 5.74) is 1.62. The predicted octanol–water partition coefficient (Wildman–Crippen LogP) is 3.20. The summed E-state index contributed by atoms with van der Waals surface area (Å²) in [4.78, 5) is 13.6. The molecule has 0 unspecified atom stereocenters. The number of hydrogen-bond donors (Lipinski definition) is 0. The van der Waals surface area contributed by atoms with Crippen LogP contribution >= 0.6 is 11.8 Å². The normalized spacial score (nSPS) is 15.9. The summed E-state index contributed by atoms with van der Waals surface area (Å²) in [5.74, 6) is -0.349. The topological polar surface area (TPSA) is 54.5 Å². The highest BCUT2D eigenvalue weighted by Gasteiger charge is 2.43. The van der Waals surface area contributed by atoms with Crippen LogP contribution in [0.15, 0.2) is 52.3 Å². The van der Waals surface area contributed by atoms with E-state index in [2.05, 4.69) is 0 Å². The summed E-state index contributed by atoms with van der Waals surface area (Å²) < 4.78 is 26.3. The molecular formula is C16H15NO3S2. The van der Waals surface area contributed by atoms with E-state index in [1.165, 1.54) is 11.8 Å². The number of sulfonamides is 1. The van der Waals surface area contributed by atoms with Gasteiger partial charge < -0.3 is 0 Å². The molecule has 0 bridgehead atoms. The predicted molar refractivity (Wildman–Crippen MR) is 86.4 cm³/mol. The Morgan fingerprint density at radius 3 is 2.27 bits per heavy atom. The Balaban J connectivity index is 1.97. The minimum absolute atomic E-state index is 0.0821. The van der Waals surface area contributed by atoms with Crippen LogP contribution in [-0.4, -0.2) is 24.5 Å². The van der Waals surface area contributed by atoms with Crippen molar-refractivity contribution in [2.24, 2.45) is 0 Å². The molecule has 4 nitrogen and oxygen atoms in total. The van der Waals surface area contributed by atoms with Crippen molar-refractivity contribution in [1.82, 2.24) is 4.31 Å². The van der Waals surface area contributed by atoms with E-state index in [9.17, 15) is 13.2 Å². The Morgan fingerprint density at radius 1 is 1.00 bits per heavy atom. The second kappa shape index (κ2) is 5.44. The molecule has 0 fully saturated rings. The van der Waals surface area contributed by atoms with Crippen molar-refractivity contribution in [3.63, 3.8) is 0 Å². The molecule has 1 aliphatic heterocycles. The third-order valence-corrected chi connectivity index (χ3v) is 6.72. The van der Waals surface area contributed by atoms with Crippen molar-refractivity contribution in [2.75, 3.05) is 5.88 Å². The number of nitrogens with zero attached hydrogens (tertiary/aromatic N) is 1. The fourth-order valence-corrected chi connectivity index (χ4v) is 5.46. The molecule has 22 heavy (non-hydrogen) atoms. The average Bonchev–Trinajstić information content (AvgIpc) is 2.70. The number of carbonyl (C=O) groups excluding carboxylic acids is 1. The van der Waals surface area contributed by atoms with E-state index >= 15 is 0 Å². The monoisotopic (exact) mass is 333 g/mol. The van der Waals surface area contributed by atoms with Crippen molar-refractivity contribution in [3.05, 3.63) is 59.2 Å². The number of carbonyl (C=O) groups is 1. The molecule has 0 spiro atoms. The minimum Gasteiger partial charge on any atom is -0.268 e. The third-order valence-electron chi connectivity index (χ3n) is 3.64. The largest absolute Gasteiger partial charge is 0.270 e. The summed E-state index contributed by atoms with van der Waals surface area (Å²) >= 11 is 1.33. The van der Waals surface area contributed by atoms with Crippen LogP contribution < -0.4 is 0 Å². The lowest BCUT2D eigenvalue weighted by Crippen LogP contribution is -2.29. The average molecular weight is 333 g/mol. The summed E-state index contributed by atoms with van der Waals surface area (Å²) in [5, 5.41) is 0. The second-order valence-electron chi connectivity index (χ2n) is 5.15. The van der Waals surface area contributed by atoms with Crippen LogP contribution in [0.2, 0.25) is 0 Å². The molecule has 1 aliphatic rings. The molecule has 1 amide bonds. The first-order chi connectivity index (χ1) is 10.4. The quantitative estimate of drug-likeness (QED) is 0.810. The molecule has 0 saturated carbocycles. The molecular weight excluding hydrogens is 318 g/mol. The van der Waals surface area contributed by atoms with Gasteiger partial charge in [-0.15, -0.1) is 11.8 Å². The standard InChI is InChI=1S/C16H15NO3S2/c1-11-8-9-12(2)15-14(11)16(18)17(22(15,19)20)10-21-13-6-4-3-5-7-13/h3-9H,10H2,1-2H3. The maximum Gasteiger partial charge on any atom is 0.270 e. The minimum atomic E-state index is -3.76. The van der Waals surface area contributed by atoms with Gasteiger partial charge >= 0.3 is 0 Å². The summed E-state index contributed by atoms with van der Waals surface area (Å²) in [6.07, 6.45) is 0. The molecule has 0 radical (unpaired) electrons. The summed E-state index contributed by atoms with van der Waals surface area (Å²) in [6.45, 7) is 3.48. The summed E-state index contributed by atoms with van der Waals surface area (Å²) in [7, 11) is -3.76. The SMILES string of the molecule is Cc1ccc(C)c2c1C(=O)N(CSc1ccccc1)S2(=O)=O.